The van der Waals surface area contributed by atoms with E-state index in [1.807, 2.05) is 24.3 Å². The molecule has 0 aliphatic heterocycles. The van der Waals surface area contributed by atoms with E-state index in [1.165, 1.54) is 6.33 Å². The van der Waals surface area contributed by atoms with Gasteiger partial charge in [0.25, 0.3) is 0 Å². The first kappa shape index (κ1) is 15.2. The van der Waals surface area contributed by atoms with Gasteiger partial charge in [0, 0.05) is 6.54 Å². The standard InChI is InChI=1S/C15H21N5O/c1-11(2)7-12(8-16)15(21)19-13-5-3-4-6-14(13)20-10-17-9-18-20/h3-6,9-12H,7-8,16H2,1-2H3,(H,19,21). The number of hydrogen-bond donors (Lipinski definition) is 2. The number of hydrogen-bond acceptors (Lipinski definition) is 4. The Morgan fingerprint density at radius 3 is 2.76 bits per heavy atom. The fraction of sp³-hybridized carbons (Fsp3) is 0.400. The van der Waals surface area contributed by atoms with Gasteiger partial charge in [0.1, 0.15) is 12.7 Å². The van der Waals surface area contributed by atoms with Crippen molar-refractivity contribution in [2.75, 3.05) is 11.9 Å². The molecule has 6 heteroatoms. The maximum absolute atomic E-state index is 12.4. The number of aromatic nitrogens is 3. The summed E-state index contributed by atoms with van der Waals surface area (Å²) in [5.41, 5.74) is 7.20. The lowest BCUT2D eigenvalue weighted by Crippen LogP contribution is -2.30. The van der Waals surface area contributed by atoms with E-state index in [1.54, 1.807) is 11.0 Å². The fourth-order valence-corrected chi connectivity index (χ4v) is 2.23. The molecule has 0 aliphatic carbocycles. The number of nitrogens with two attached hydrogens (primary N) is 1. The van der Waals surface area contributed by atoms with Gasteiger partial charge in [-0.3, -0.25) is 4.79 Å². The molecule has 0 saturated heterocycles. The lowest BCUT2D eigenvalue weighted by Gasteiger charge is -2.18. The molecule has 1 unspecified atom stereocenters. The van der Waals surface area contributed by atoms with Gasteiger partial charge >= 0.3 is 0 Å². The van der Waals surface area contributed by atoms with E-state index >= 15 is 0 Å². The molecule has 0 fully saturated rings. The van der Waals surface area contributed by atoms with Crippen molar-refractivity contribution in [3.8, 4) is 5.69 Å². The molecular formula is C15H21N5O. The van der Waals surface area contributed by atoms with Crippen molar-refractivity contribution < 1.29 is 4.79 Å². The summed E-state index contributed by atoms with van der Waals surface area (Å²) in [6.45, 7) is 4.51. The number of para-hydroxylation sites is 2. The van der Waals surface area contributed by atoms with Crippen molar-refractivity contribution in [1.29, 1.82) is 0 Å². The molecule has 3 N–H and O–H groups in total. The molecule has 21 heavy (non-hydrogen) atoms. The number of nitrogens with one attached hydrogen (secondary N) is 1. The number of anilines is 1. The van der Waals surface area contributed by atoms with Crippen molar-refractivity contribution >= 4 is 11.6 Å². The summed E-state index contributed by atoms with van der Waals surface area (Å²) >= 11 is 0. The summed E-state index contributed by atoms with van der Waals surface area (Å²) < 4.78 is 1.62. The van der Waals surface area contributed by atoms with Gasteiger partial charge < -0.3 is 11.1 Å². The lowest BCUT2D eigenvalue weighted by molar-refractivity contribution is -0.120. The maximum atomic E-state index is 12.4. The van der Waals surface area contributed by atoms with Crippen LogP contribution in [0.25, 0.3) is 5.69 Å². The Hall–Kier alpha value is -2.21. The number of nitrogens with zero attached hydrogens (tertiary/aromatic N) is 3. The molecule has 0 bridgehead atoms. The minimum atomic E-state index is -0.186. The second-order valence-electron chi connectivity index (χ2n) is 5.41. The van der Waals surface area contributed by atoms with E-state index in [9.17, 15) is 4.79 Å². The first-order chi connectivity index (χ1) is 10.1. The highest BCUT2D eigenvalue weighted by atomic mass is 16.1. The molecule has 1 atom stereocenters. The molecule has 1 aromatic heterocycles. The van der Waals surface area contributed by atoms with E-state index in [-0.39, 0.29) is 11.8 Å². The topological polar surface area (TPSA) is 85.8 Å². The smallest absolute Gasteiger partial charge is 0.228 e. The summed E-state index contributed by atoms with van der Waals surface area (Å²) in [4.78, 5) is 16.3. The van der Waals surface area contributed by atoms with Crippen LogP contribution in [0.5, 0.6) is 0 Å². The largest absolute Gasteiger partial charge is 0.330 e. The van der Waals surface area contributed by atoms with Gasteiger partial charge in [0.05, 0.1) is 17.3 Å². The SMILES string of the molecule is CC(C)CC(CN)C(=O)Nc1ccccc1-n1cncn1. The fourth-order valence-electron chi connectivity index (χ4n) is 2.23. The zero-order valence-electron chi connectivity index (χ0n) is 12.4. The molecule has 2 aromatic rings. The molecule has 0 spiro atoms. The number of amides is 1. The van der Waals surface area contributed by atoms with Gasteiger partial charge in [-0.05, 0) is 24.5 Å². The predicted molar refractivity (Wildman–Crippen MR) is 82.0 cm³/mol. The third-order valence-electron chi connectivity index (χ3n) is 3.24. The van der Waals surface area contributed by atoms with E-state index in [2.05, 4.69) is 29.2 Å². The van der Waals surface area contributed by atoms with Gasteiger partial charge in [-0.15, -0.1) is 0 Å². The molecular weight excluding hydrogens is 266 g/mol. The van der Waals surface area contributed by atoms with Crippen molar-refractivity contribution in [1.82, 2.24) is 14.8 Å². The zero-order valence-corrected chi connectivity index (χ0v) is 12.4. The molecule has 2 rings (SSSR count). The third kappa shape index (κ3) is 3.88. The third-order valence-corrected chi connectivity index (χ3v) is 3.24. The van der Waals surface area contributed by atoms with Crippen LogP contribution < -0.4 is 11.1 Å². The van der Waals surface area contributed by atoms with Crippen molar-refractivity contribution in [2.24, 2.45) is 17.6 Å². The van der Waals surface area contributed by atoms with Crippen LogP contribution in [0, 0.1) is 11.8 Å². The van der Waals surface area contributed by atoms with Gasteiger partial charge in [-0.2, -0.15) is 5.10 Å². The molecule has 6 nitrogen and oxygen atoms in total. The first-order valence-corrected chi connectivity index (χ1v) is 7.06. The van der Waals surface area contributed by atoms with E-state index in [0.29, 0.717) is 18.2 Å². The summed E-state index contributed by atoms with van der Waals surface area (Å²) in [6, 6.07) is 7.49. The van der Waals surface area contributed by atoms with E-state index in [0.717, 1.165) is 12.1 Å². The van der Waals surface area contributed by atoms with Crippen LogP contribution in [0.4, 0.5) is 5.69 Å². The Balaban J connectivity index is 2.18. The van der Waals surface area contributed by atoms with Gasteiger partial charge in [-0.1, -0.05) is 26.0 Å². The Morgan fingerprint density at radius 2 is 2.14 bits per heavy atom. The molecule has 0 aliphatic rings. The summed E-state index contributed by atoms with van der Waals surface area (Å²) in [5.74, 6) is 0.183. The highest BCUT2D eigenvalue weighted by Gasteiger charge is 2.19. The monoisotopic (exact) mass is 287 g/mol. The summed E-state index contributed by atoms with van der Waals surface area (Å²) in [7, 11) is 0. The summed E-state index contributed by atoms with van der Waals surface area (Å²) in [6.07, 6.45) is 3.83. The van der Waals surface area contributed by atoms with Crippen LogP contribution in [-0.2, 0) is 4.79 Å². The maximum Gasteiger partial charge on any atom is 0.228 e. The van der Waals surface area contributed by atoms with Crippen molar-refractivity contribution in [3.05, 3.63) is 36.9 Å². The minimum absolute atomic E-state index is 0.0567. The Morgan fingerprint density at radius 1 is 1.38 bits per heavy atom. The number of benzene rings is 1. The Labute approximate surface area is 124 Å². The second kappa shape index (κ2) is 6.99. The molecule has 112 valence electrons. The average molecular weight is 287 g/mol. The van der Waals surface area contributed by atoms with Crippen LogP contribution in [-0.4, -0.2) is 27.2 Å². The van der Waals surface area contributed by atoms with E-state index in [4.69, 9.17) is 5.73 Å². The van der Waals surface area contributed by atoms with Crippen LogP contribution in [0.3, 0.4) is 0 Å². The molecule has 0 saturated carbocycles. The predicted octanol–water partition coefficient (Wildman–Crippen LogP) is 1.83. The van der Waals surface area contributed by atoms with Crippen LogP contribution in [0.1, 0.15) is 20.3 Å². The molecule has 1 amide bonds. The highest BCUT2D eigenvalue weighted by Crippen LogP contribution is 2.20. The molecule has 1 aromatic carbocycles. The number of rotatable bonds is 6. The van der Waals surface area contributed by atoms with Gasteiger partial charge in [-0.25, -0.2) is 9.67 Å². The van der Waals surface area contributed by atoms with Crippen LogP contribution in [0.15, 0.2) is 36.9 Å². The van der Waals surface area contributed by atoms with Crippen LogP contribution in [0.2, 0.25) is 0 Å². The normalized spacial score (nSPS) is 12.4. The summed E-state index contributed by atoms with van der Waals surface area (Å²) in [5, 5.41) is 7.05. The van der Waals surface area contributed by atoms with Gasteiger partial charge in [0.15, 0.2) is 0 Å². The van der Waals surface area contributed by atoms with Crippen LogP contribution >= 0.6 is 0 Å². The number of carbonyl (C=O) groups excluding carboxylic acids is 1. The average Bonchev–Trinajstić information content (AvgIpc) is 2.99. The Kier molecular flexibility index (Phi) is 5.05. The highest BCUT2D eigenvalue weighted by molar-refractivity contribution is 5.94. The quantitative estimate of drug-likeness (QED) is 0.848. The number of carbonyl (C=O) groups is 1. The Bertz CT molecular complexity index is 580. The second-order valence-corrected chi connectivity index (χ2v) is 5.41. The zero-order chi connectivity index (χ0) is 15.2. The van der Waals surface area contributed by atoms with Crippen molar-refractivity contribution in [3.63, 3.8) is 0 Å². The van der Waals surface area contributed by atoms with Crippen molar-refractivity contribution in [2.45, 2.75) is 20.3 Å². The minimum Gasteiger partial charge on any atom is -0.330 e. The molecule has 0 radical (unpaired) electrons. The lowest BCUT2D eigenvalue weighted by atomic mass is 9.96. The molecule has 1 heterocycles. The van der Waals surface area contributed by atoms with Gasteiger partial charge in [0.2, 0.25) is 5.91 Å². The van der Waals surface area contributed by atoms with E-state index < -0.39 is 0 Å². The first-order valence-electron chi connectivity index (χ1n) is 7.06.